The summed E-state index contributed by atoms with van der Waals surface area (Å²) in [4.78, 5) is 23.9. The molecule has 0 saturated carbocycles. The smallest absolute Gasteiger partial charge is 0.229 e. The van der Waals surface area contributed by atoms with Gasteiger partial charge in [-0.1, -0.05) is 6.07 Å². The molecule has 1 aliphatic rings. The number of rotatable bonds is 7. The lowest BCUT2D eigenvalue weighted by Gasteiger charge is -2.33. The van der Waals surface area contributed by atoms with Crippen molar-refractivity contribution in [3.05, 3.63) is 60.9 Å². The molecule has 0 radical (unpaired) electrons. The number of methoxy groups -OCH3 is 1. The van der Waals surface area contributed by atoms with Gasteiger partial charge in [0.25, 0.3) is 0 Å². The number of hydrogen-bond acceptors (Lipinski definition) is 7. The number of benzene rings is 2. The SMILES string of the molecule is COc1ccc(-c2cc(N3CCCC(C(=O)Nc4cccc(NS(C)(=O)=O)c4)C3)ncn2)cc1. The van der Waals surface area contributed by atoms with Crippen molar-refractivity contribution in [2.24, 2.45) is 5.92 Å². The number of ether oxygens (including phenoxy) is 1. The van der Waals surface area contributed by atoms with Crippen LogP contribution in [-0.2, 0) is 14.8 Å². The summed E-state index contributed by atoms with van der Waals surface area (Å²) in [6.07, 6.45) is 4.25. The molecule has 4 rings (SSSR count). The Labute approximate surface area is 199 Å². The molecule has 178 valence electrons. The molecular weight excluding hydrogens is 454 g/mol. The molecule has 10 heteroatoms. The average molecular weight is 482 g/mol. The predicted octanol–water partition coefficient (Wildman–Crippen LogP) is 3.38. The molecule has 0 aliphatic carbocycles. The highest BCUT2D eigenvalue weighted by molar-refractivity contribution is 7.92. The maximum Gasteiger partial charge on any atom is 0.229 e. The Kier molecular flexibility index (Phi) is 6.97. The van der Waals surface area contributed by atoms with Gasteiger partial charge < -0.3 is 15.0 Å². The van der Waals surface area contributed by atoms with Gasteiger partial charge in [-0.2, -0.15) is 0 Å². The quantitative estimate of drug-likeness (QED) is 0.532. The van der Waals surface area contributed by atoms with Crippen LogP contribution < -0.4 is 19.7 Å². The summed E-state index contributed by atoms with van der Waals surface area (Å²) in [5.41, 5.74) is 2.70. The van der Waals surface area contributed by atoms with E-state index in [2.05, 4.69) is 24.9 Å². The van der Waals surface area contributed by atoms with Crippen LogP contribution in [-0.4, -0.2) is 50.7 Å². The summed E-state index contributed by atoms with van der Waals surface area (Å²) < 4.78 is 30.6. The zero-order valence-electron chi connectivity index (χ0n) is 19.1. The van der Waals surface area contributed by atoms with Gasteiger partial charge >= 0.3 is 0 Å². The number of aromatic nitrogens is 2. The second-order valence-corrected chi connectivity index (χ2v) is 9.97. The van der Waals surface area contributed by atoms with E-state index in [1.165, 1.54) is 0 Å². The lowest BCUT2D eigenvalue weighted by atomic mass is 9.97. The van der Waals surface area contributed by atoms with E-state index in [9.17, 15) is 13.2 Å². The fourth-order valence-electron chi connectivity index (χ4n) is 3.96. The van der Waals surface area contributed by atoms with Crippen molar-refractivity contribution >= 4 is 33.1 Å². The Bertz CT molecular complexity index is 1260. The van der Waals surface area contributed by atoms with Crippen LogP contribution in [0.5, 0.6) is 5.75 Å². The summed E-state index contributed by atoms with van der Waals surface area (Å²) in [6.45, 7) is 1.34. The summed E-state index contributed by atoms with van der Waals surface area (Å²) in [5.74, 6) is 1.23. The first kappa shape index (κ1) is 23.5. The van der Waals surface area contributed by atoms with E-state index < -0.39 is 10.0 Å². The monoisotopic (exact) mass is 481 g/mol. The van der Waals surface area contributed by atoms with Crippen LogP contribution in [0, 0.1) is 5.92 Å². The molecule has 1 amide bonds. The van der Waals surface area contributed by atoms with Crippen molar-refractivity contribution in [1.29, 1.82) is 0 Å². The van der Waals surface area contributed by atoms with Crippen molar-refractivity contribution < 1.29 is 17.9 Å². The number of sulfonamides is 1. The van der Waals surface area contributed by atoms with E-state index in [1.54, 1.807) is 37.7 Å². The van der Waals surface area contributed by atoms with Gasteiger partial charge in [-0.05, 0) is 55.3 Å². The third-order valence-electron chi connectivity index (χ3n) is 5.59. The third kappa shape index (κ3) is 6.02. The molecule has 2 heterocycles. The first-order chi connectivity index (χ1) is 16.3. The molecule has 1 saturated heterocycles. The number of hydrogen-bond donors (Lipinski definition) is 2. The Balaban J connectivity index is 1.44. The van der Waals surface area contributed by atoms with Gasteiger partial charge in [-0.3, -0.25) is 9.52 Å². The van der Waals surface area contributed by atoms with Crippen LogP contribution in [0.25, 0.3) is 11.3 Å². The third-order valence-corrected chi connectivity index (χ3v) is 6.19. The van der Waals surface area contributed by atoms with Crippen molar-refractivity contribution in [1.82, 2.24) is 9.97 Å². The maximum absolute atomic E-state index is 13.0. The molecule has 1 unspecified atom stereocenters. The molecule has 0 bridgehead atoms. The van der Waals surface area contributed by atoms with Crippen molar-refractivity contribution in [3.8, 4) is 17.0 Å². The molecule has 0 spiro atoms. The summed E-state index contributed by atoms with van der Waals surface area (Å²) in [5, 5.41) is 2.91. The topological polar surface area (TPSA) is 114 Å². The van der Waals surface area contributed by atoms with Gasteiger partial charge in [-0.25, -0.2) is 18.4 Å². The van der Waals surface area contributed by atoms with E-state index in [0.29, 0.717) is 17.9 Å². The fourth-order valence-corrected chi connectivity index (χ4v) is 4.51. The Hall–Kier alpha value is -3.66. The van der Waals surface area contributed by atoms with Crippen LogP contribution in [0.2, 0.25) is 0 Å². The van der Waals surface area contributed by atoms with Gasteiger partial charge in [0, 0.05) is 30.4 Å². The Morgan fingerprint density at radius 2 is 1.85 bits per heavy atom. The fraction of sp³-hybridized carbons (Fsp3) is 0.292. The first-order valence-electron chi connectivity index (χ1n) is 10.9. The Morgan fingerprint density at radius 1 is 1.09 bits per heavy atom. The number of carbonyl (C=O) groups excluding carboxylic acids is 1. The van der Waals surface area contributed by atoms with Crippen LogP contribution in [0.3, 0.4) is 0 Å². The lowest BCUT2D eigenvalue weighted by Crippen LogP contribution is -2.41. The largest absolute Gasteiger partial charge is 0.497 e. The average Bonchev–Trinajstić information content (AvgIpc) is 2.83. The van der Waals surface area contributed by atoms with Crippen LogP contribution in [0.15, 0.2) is 60.9 Å². The van der Waals surface area contributed by atoms with Gasteiger partial charge in [-0.15, -0.1) is 0 Å². The number of nitrogens with zero attached hydrogens (tertiary/aromatic N) is 3. The van der Waals surface area contributed by atoms with Crippen molar-refractivity contribution in [3.63, 3.8) is 0 Å². The molecule has 2 N–H and O–H groups in total. The minimum Gasteiger partial charge on any atom is -0.497 e. The molecular formula is C24H27N5O4S. The number of carbonyl (C=O) groups is 1. The minimum atomic E-state index is -3.40. The van der Waals surface area contributed by atoms with Crippen LogP contribution in [0.1, 0.15) is 12.8 Å². The van der Waals surface area contributed by atoms with Crippen LogP contribution >= 0.6 is 0 Å². The lowest BCUT2D eigenvalue weighted by molar-refractivity contribution is -0.120. The van der Waals surface area contributed by atoms with E-state index in [1.807, 2.05) is 30.3 Å². The normalized spacial score (nSPS) is 16.1. The number of piperidine rings is 1. The van der Waals surface area contributed by atoms with Gasteiger partial charge in [0.1, 0.15) is 17.9 Å². The molecule has 1 aromatic heterocycles. The zero-order chi connectivity index (χ0) is 24.1. The minimum absolute atomic E-state index is 0.106. The molecule has 1 fully saturated rings. The first-order valence-corrected chi connectivity index (χ1v) is 12.8. The van der Waals surface area contributed by atoms with Crippen molar-refractivity contribution in [2.75, 3.05) is 41.4 Å². The number of nitrogens with one attached hydrogen (secondary N) is 2. The maximum atomic E-state index is 13.0. The van der Waals surface area contributed by atoms with Gasteiger partial charge in [0.15, 0.2) is 0 Å². The predicted molar refractivity (Wildman–Crippen MR) is 132 cm³/mol. The Morgan fingerprint density at radius 3 is 2.59 bits per heavy atom. The van der Waals surface area contributed by atoms with Gasteiger partial charge in [0.2, 0.25) is 15.9 Å². The molecule has 2 aromatic carbocycles. The van der Waals surface area contributed by atoms with E-state index in [0.717, 1.165) is 48.5 Å². The molecule has 1 aliphatic heterocycles. The second kappa shape index (κ2) is 10.1. The molecule has 3 aromatic rings. The summed E-state index contributed by atoms with van der Waals surface area (Å²) in [6, 6.07) is 16.3. The highest BCUT2D eigenvalue weighted by Gasteiger charge is 2.27. The summed E-state index contributed by atoms with van der Waals surface area (Å²) in [7, 11) is -1.77. The standard InChI is InChI=1S/C24H27N5O4S/c1-33-21-10-8-17(9-11-21)22-14-23(26-16-25-22)29-12-4-5-18(15-29)24(30)27-19-6-3-7-20(13-19)28-34(2,31)32/h3,6-11,13-14,16,18,28H,4-5,12,15H2,1-2H3,(H,27,30). The molecule has 1 atom stereocenters. The molecule has 9 nitrogen and oxygen atoms in total. The van der Waals surface area contributed by atoms with E-state index >= 15 is 0 Å². The number of amides is 1. The van der Waals surface area contributed by atoms with E-state index in [-0.39, 0.29) is 11.8 Å². The highest BCUT2D eigenvalue weighted by Crippen LogP contribution is 2.27. The second-order valence-electron chi connectivity index (χ2n) is 8.22. The molecule has 34 heavy (non-hydrogen) atoms. The zero-order valence-corrected chi connectivity index (χ0v) is 19.9. The van der Waals surface area contributed by atoms with Crippen LogP contribution in [0.4, 0.5) is 17.2 Å². The summed E-state index contributed by atoms with van der Waals surface area (Å²) >= 11 is 0. The van der Waals surface area contributed by atoms with Crippen molar-refractivity contribution in [2.45, 2.75) is 12.8 Å². The number of anilines is 3. The van der Waals surface area contributed by atoms with Gasteiger partial charge in [0.05, 0.1) is 30.7 Å². The highest BCUT2D eigenvalue weighted by atomic mass is 32.2. The van der Waals surface area contributed by atoms with E-state index in [4.69, 9.17) is 4.74 Å².